The van der Waals surface area contributed by atoms with E-state index in [4.69, 9.17) is 4.74 Å². The van der Waals surface area contributed by atoms with E-state index in [0.29, 0.717) is 10.6 Å². The SMILES string of the molecule is COC(=O)c1c(NC(=O)C[NH2+][C@H](C)c2ccccc2)sc(C)c1C. The van der Waals surface area contributed by atoms with E-state index in [1.165, 1.54) is 24.0 Å². The first-order valence-electron chi connectivity index (χ1n) is 7.80. The van der Waals surface area contributed by atoms with Crippen LogP contribution in [0.1, 0.15) is 39.3 Å². The number of methoxy groups -OCH3 is 1. The molecule has 6 heteroatoms. The Kier molecular flexibility index (Phi) is 6.11. The number of aryl methyl sites for hydroxylation is 1. The van der Waals surface area contributed by atoms with Crippen LogP contribution in [0, 0.1) is 13.8 Å². The minimum atomic E-state index is -0.422. The molecule has 0 saturated carbocycles. The number of nitrogens with two attached hydrogens (primary N) is 1. The second-order valence-electron chi connectivity index (χ2n) is 5.67. The summed E-state index contributed by atoms with van der Waals surface area (Å²) in [5.41, 5.74) is 2.47. The molecular formula is C18H23N2O3S+. The van der Waals surface area contributed by atoms with E-state index in [1.807, 2.05) is 49.5 Å². The van der Waals surface area contributed by atoms with Gasteiger partial charge in [-0.3, -0.25) is 4.79 Å². The summed E-state index contributed by atoms with van der Waals surface area (Å²) in [6.45, 7) is 6.12. The minimum Gasteiger partial charge on any atom is -0.465 e. The number of rotatable bonds is 6. The molecule has 0 spiro atoms. The van der Waals surface area contributed by atoms with Crippen LogP contribution in [0.15, 0.2) is 30.3 Å². The van der Waals surface area contributed by atoms with E-state index >= 15 is 0 Å². The zero-order valence-corrected chi connectivity index (χ0v) is 15.2. The molecule has 2 rings (SSSR count). The monoisotopic (exact) mass is 347 g/mol. The van der Waals surface area contributed by atoms with Gasteiger partial charge in [0.2, 0.25) is 0 Å². The second kappa shape index (κ2) is 8.08. The average molecular weight is 347 g/mol. The maximum absolute atomic E-state index is 12.2. The lowest BCUT2D eigenvalue weighted by atomic mass is 10.1. The number of quaternary nitrogens is 1. The van der Waals surface area contributed by atoms with Gasteiger partial charge in [0.05, 0.1) is 12.7 Å². The molecule has 0 aliphatic carbocycles. The van der Waals surface area contributed by atoms with E-state index in [1.54, 1.807) is 0 Å². The second-order valence-corrected chi connectivity index (χ2v) is 6.89. The van der Waals surface area contributed by atoms with Crippen molar-refractivity contribution in [1.82, 2.24) is 0 Å². The quantitative estimate of drug-likeness (QED) is 0.788. The van der Waals surface area contributed by atoms with Gasteiger partial charge in [0.25, 0.3) is 5.91 Å². The van der Waals surface area contributed by atoms with Crippen molar-refractivity contribution < 1.29 is 19.6 Å². The highest BCUT2D eigenvalue weighted by Gasteiger charge is 2.22. The van der Waals surface area contributed by atoms with Crippen molar-refractivity contribution in [3.63, 3.8) is 0 Å². The molecule has 0 aliphatic rings. The molecule has 1 atom stereocenters. The molecule has 1 aromatic carbocycles. The van der Waals surface area contributed by atoms with E-state index in [2.05, 4.69) is 12.2 Å². The number of hydrogen-bond acceptors (Lipinski definition) is 4. The molecule has 2 aromatic rings. The molecule has 0 radical (unpaired) electrons. The number of carbonyl (C=O) groups is 2. The van der Waals surface area contributed by atoms with Crippen LogP contribution in [-0.2, 0) is 9.53 Å². The van der Waals surface area contributed by atoms with Crippen LogP contribution in [0.5, 0.6) is 0 Å². The van der Waals surface area contributed by atoms with E-state index < -0.39 is 5.97 Å². The van der Waals surface area contributed by atoms with Crippen LogP contribution in [0.25, 0.3) is 0 Å². The van der Waals surface area contributed by atoms with Crippen molar-refractivity contribution in [2.45, 2.75) is 26.8 Å². The predicted octanol–water partition coefficient (Wildman–Crippen LogP) is 2.41. The summed E-state index contributed by atoms with van der Waals surface area (Å²) in [4.78, 5) is 25.2. The fourth-order valence-corrected chi connectivity index (χ4v) is 3.48. The molecule has 5 nitrogen and oxygen atoms in total. The topological polar surface area (TPSA) is 72.0 Å². The lowest BCUT2D eigenvalue weighted by Gasteiger charge is -2.11. The lowest BCUT2D eigenvalue weighted by Crippen LogP contribution is -2.86. The highest BCUT2D eigenvalue weighted by Crippen LogP contribution is 2.32. The van der Waals surface area contributed by atoms with Crippen LogP contribution < -0.4 is 10.6 Å². The summed E-state index contributed by atoms with van der Waals surface area (Å²) in [5.74, 6) is -0.557. The van der Waals surface area contributed by atoms with Crippen LogP contribution in [-0.4, -0.2) is 25.5 Å². The Morgan fingerprint density at radius 3 is 2.54 bits per heavy atom. The molecule has 3 N–H and O–H groups in total. The number of benzene rings is 1. The van der Waals surface area contributed by atoms with Crippen molar-refractivity contribution in [2.75, 3.05) is 19.0 Å². The van der Waals surface area contributed by atoms with Crippen LogP contribution in [0.4, 0.5) is 5.00 Å². The smallest absolute Gasteiger partial charge is 0.341 e. The highest BCUT2D eigenvalue weighted by atomic mass is 32.1. The molecule has 1 heterocycles. The summed E-state index contributed by atoms with van der Waals surface area (Å²) >= 11 is 1.40. The third kappa shape index (κ3) is 4.21. The van der Waals surface area contributed by atoms with Gasteiger partial charge in [0.1, 0.15) is 11.0 Å². The number of ether oxygens (including phenoxy) is 1. The number of anilines is 1. The van der Waals surface area contributed by atoms with Gasteiger partial charge >= 0.3 is 5.97 Å². The predicted molar refractivity (Wildman–Crippen MR) is 95.4 cm³/mol. The minimum absolute atomic E-state index is 0.135. The van der Waals surface area contributed by atoms with Gasteiger partial charge in [-0.15, -0.1) is 11.3 Å². The van der Waals surface area contributed by atoms with Gasteiger partial charge in [0, 0.05) is 10.4 Å². The molecule has 0 unspecified atom stereocenters. The van der Waals surface area contributed by atoms with Crippen molar-refractivity contribution in [2.24, 2.45) is 0 Å². The van der Waals surface area contributed by atoms with Crippen LogP contribution >= 0.6 is 11.3 Å². The Morgan fingerprint density at radius 1 is 1.25 bits per heavy atom. The molecule has 0 saturated heterocycles. The summed E-state index contributed by atoms with van der Waals surface area (Å²) in [6, 6.07) is 10.2. The Labute approximate surface area is 146 Å². The third-order valence-corrected chi connectivity index (χ3v) is 5.13. The molecular weight excluding hydrogens is 324 g/mol. The standard InChI is InChI=1S/C18H22N2O3S/c1-11-13(3)24-17(16(11)18(22)23-4)20-15(21)10-19-12(2)14-8-6-5-7-9-14/h5-9,12,19H,10H2,1-4H3,(H,20,21)/p+1/t12-/m1/s1. The van der Waals surface area contributed by atoms with Gasteiger partial charge in [0.15, 0.2) is 6.54 Å². The van der Waals surface area contributed by atoms with Gasteiger partial charge < -0.3 is 15.4 Å². The molecule has 0 aliphatic heterocycles. The first kappa shape index (κ1) is 18.2. The average Bonchev–Trinajstić information content (AvgIpc) is 2.86. The summed E-state index contributed by atoms with van der Waals surface area (Å²) in [6.07, 6.45) is 0. The van der Waals surface area contributed by atoms with Gasteiger partial charge in [-0.1, -0.05) is 30.3 Å². The Bertz CT molecular complexity index is 725. The van der Waals surface area contributed by atoms with E-state index in [9.17, 15) is 9.59 Å². The van der Waals surface area contributed by atoms with Crippen molar-refractivity contribution in [3.8, 4) is 0 Å². The first-order valence-corrected chi connectivity index (χ1v) is 8.62. The number of esters is 1. The zero-order chi connectivity index (χ0) is 17.7. The van der Waals surface area contributed by atoms with Crippen molar-refractivity contribution in [3.05, 3.63) is 51.9 Å². The Morgan fingerprint density at radius 2 is 1.92 bits per heavy atom. The van der Waals surface area contributed by atoms with Crippen LogP contribution in [0.3, 0.4) is 0 Å². The molecule has 1 aromatic heterocycles. The maximum Gasteiger partial charge on any atom is 0.341 e. The number of nitrogens with one attached hydrogen (secondary N) is 1. The normalized spacial score (nSPS) is 11.8. The van der Waals surface area contributed by atoms with Crippen LogP contribution in [0.2, 0.25) is 0 Å². The Balaban J connectivity index is 2.00. The highest BCUT2D eigenvalue weighted by molar-refractivity contribution is 7.16. The molecule has 0 fully saturated rings. The number of thiophene rings is 1. The zero-order valence-electron chi connectivity index (χ0n) is 14.4. The largest absolute Gasteiger partial charge is 0.465 e. The van der Waals surface area contributed by atoms with E-state index in [-0.39, 0.29) is 18.5 Å². The van der Waals surface area contributed by atoms with Gasteiger partial charge in [-0.05, 0) is 26.3 Å². The number of amides is 1. The molecule has 24 heavy (non-hydrogen) atoms. The molecule has 128 valence electrons. The lowest BCUT2D eigenvalue weighted by molar-refractivity contribution is -0.682. The summed E-state index contributed by atoms with van der Waals surface area (Å²) < 4.78 is 4.82. The Hall–Kier alpha value is -2.18. The third-order valence-electron chi connectivity index (χ3n) is 4.01. The van der Waals surface area contributed by atoms with Crippen molar-refractivity contribution >= 4 is 28.2 Å². The fraction of sp³-hybridized carbons (Fsp3) is 0.333. The van der Waals surface area contributed by atoms with Crippen molar-refractivity contribution in [1.29, 1.82) is 0 Å². The number of hydrogen-bond donors (Lipinski definition) is 2. The summed E-state index contributed by atoms with van der Waals surface area (Å²) in [7, 11) is 1.34. The van der Waals surface area contributed by atoms with E-state index in [0.717, 1.165) is 10.4 Å². The first-order chi connectivity index (χ1) is 11.4. The number of carbonyl (C=O) groups excluding carboxylic acids is 2. The van der Waals surface area contributed by atoms with Gasteiger partial charge in [-0.25, -0.2) is 4.79 Å². The fourth-order valence-electron chi connectivity index (χ4n) is 2.42. The van der Waals surface area contributed by atoms with Gasteiger partial charge in [-0.2, -0.15) is 0 Å². The summed E-state index contributed by atoms with van der Waals surface area (Å²) in [5, 5.41) is 5.37. The molecule has 0 bridgehead atoms. The maximum atomic E-state index is 12.2. The molecule has 1 amide bonds.